The molecule has 0 saturated carbocycles. The third-order valence-electron chi connectivity index (χ3n) is 2.86. The Labute approximate surface area is 112 Å². The van der Waals surface area contributed by atoms with Gasteiger partial charge in [0.2, 0.25) is 11.8 Å². The third kappa shape index (κ3) is 2.76. The molecule has 0 spiro atoms. The van der Waals surface area contributed by atoms with Crippen molar-refractivity contribution >= 4 is 27.7 Å². The molecule has 1 aromatic carbocycles. The lowest BCUT2D eigenvalue weighted by molar-refractivity contribution is -0.137. The van der Waals surface area contributed by atoms with Gasteiger partial charge in [-0.05, 0) is 23.8 Å². The van der Waals surface area contributed by atoms with Gasteiger partial charge in [0.15, 0.2) is 0 Å². The van der Waals surface area contributed by atoms with E-state index in [4.69, 9.17) is 0 Å². The summed E-state index contributed by atoms with van der Waals surface area (Å²) < 4.78 is 13.8. The average Bonchev–Trinajstić information content (AvgIpc) is 2.53. The summed E-state index contributed by atoms with van der Waals surface area (Å²) >= 11 is 3.20. The molecule has 0 radical (unpaired) electrons. The number of amides is 2. The Kier molecular flexibility index (Phi) is 3.77. The highest BCUT2D eigenvalue weighted by molar-refractivity contribution is 9.10. The van der Waals surface area contributed by atoms with Crippen molar-refractivity contribution in [2.24, 2.45) is 0 Å². The van der Waals surface area contributed by atoms with Crippen molar-refractivity contribution in [2.45, 2.75) is 19.0 Å². The van der Waals surface area contributed by atoms with Gasteiger partial charge in [0.25, 0.3) is 0 Å². The summed E-state index contributed by atoms with van der Waals surface area (Å²) in [5, 5.41) is 2.96. The molecule has 96 valence electrons. The quantitative estimate of drug-likeness (QED) is 0.859. The van der Waals surface area contributed by atoms with E-state index in [0.29, 0.717) is 11.0 Å². The van der Waals surface area contributed by atoms with Gasteiger partial charge in [-0.25, -0.2) is 4.39 Å². The monoisotopic (exact) mass is 314 g/mol. The summed E-state index contributed by atoms with van der Waals surface area (Å²) in [6.45, 7) is 0.341. The van der Waals surface area contributed by atoms with E-state index in [1.807, 2.05) is 0 Å². The molecule has 1 aliphatic rings. The Balaban J connectivity index is 2.00. The lowest BCUT2D eigenvalue weighted by Gasteiger charge is -2.11. The van der Waals surface area contributed by atoms with E-state index in [-0.39, 0.29) is 24.1 Å². The molecule has 1 unspecified atom stereocenters. The minimum absolute atomic E-state index is 0.159. The summed E-state index contributed by atoms with van der Waals surface area (Å²) in [6.07, 6.45) is 0.159. The van der Waals surface area contributed by atoms with Gasteiger partial charge < -0.3 is 5.32 Å². The molecule has 2 rings (SSSR count). The molecule has 4 nitrogen and oxygen atoms in total. The molecule has 0 aliphatic carbocycles. The minimum Gasteiger partial charge on any atom is -0.301 e. The topological polar surface area (TPSA) is 49.4 Å². The summed E-state index contributed by atoms with van der Waals surface area (Å²) in [5.41, 5.74) is 0.719. The van der Waals surface area contributed by atoms with Crippen LogP contribution in [0, 0.1) is 5.82 Å². The van der Waals surface area contributed by atoms with Gasteiger partial charge in [0, 0.05) is 18.1 Å². The molecule has 6 heteroatoms. The maximum atomic E-state index is 13.1. The zero-order valence-corrected chi connectivity index (χ0v) is 11.3. The normalized spacial score (nSPS) is 19.7. The number of carbonyl (C=O) groups is 2. The van der Waals surface area contributed by atoms with Gasteiger partial charge >= 0.3 is 0 Å². The average molecular weight is 315 g/mol. The molecule has 1 heterocycles. The first-order chi connectivity index (χ1) is 8.47. The van der Waals surface area contributed by atoms with Gasteiger partial charge in [-0.1, -0.05) is 15.9 Å². The molecule has 1 aromatic rings. The van der Waals surface area contributed by atoms with Crippen LogP contribution in [-0.2, 0) is 16.1 Å². The van der Waals surface area contributed by atoms with Crippen LogP contribution in [-0.4, -0.2) is 29.8 Å². The van der Waals surface area contributed by atoms with E-state index in [9.17, 15) is 14.0 Å². The number of benzene rings is 1. The van der Waals surface area contributed by atoms with E-state index in [2.05, 4.69) is 21.2 Å². The highest BCUT2D eigenvalue weighted by Gasteiger charge is 2.35. The molecule has 1 fully saturated rings. The van der Waals surface area contributed by atoms with Crippen LogP contribution in [0.15, 0.2) is 22.7 Å². The smallest absolute Gasteiger partial charge is 0.246 e. The lowest BCUT2D eigenvalue weighted by atomic mass is 10.2. The van der Waals surface area contributed by atoms with Crippen LogP contribution in [0.1, 0.15) is 12.0 Å². The van der Waals surface area contributed by atoms with Crippen LogP contribution in [0.25, 0.3) is 0 Å². The van der Waals surface area contributed by atoms with Crippen molar-refractivity contribution in [3.8, 4) is 0 Å². The zero-order valence-electron chi connectivity index (χ0n) is 9.74. The molecule has 2 amide bonds. The van der Waals surface area contributed by atoms with Crippen molar-refractivity contribution in [2.75, 3.05) is 7.05 Å². The zero-order chi connectivity index (χ0) is 13.3. The van der Waals surface area contributed by atoms with E-state index >= 15 is 0 Å². The molecule has 1 N–H and O–H groups in total. The van der Waals surface area contributed by atoms with E-state index in [1.54, 1.807) is 6.07 Å². The Morgan fingerprint density at radius 2 is 2.17 bits per heavy atom. The molecular formula is C12H12BrFN2O2. The van der Waals surface area contributed by atoms with Crippen molar-refractivity contribution in [3.05, 3.63) is 34.1 Å². The largest absolute Gasteiger partial charge is 0.301 e. The van der Waals surface area contributed by atoms with Crippen LogP contribution >= 0.6 is 15.9 Å². The fourth-order valence-corrected chi connectivity index (χ4v) is 2.38. The highest BCUT2D eigenvalue weighted by Crippen LogP contribution is 2.16. The maximum absolute atomic E-state index is 13.1. The van der Waals surface area contributed by atoms with E-state index in [0.717, 1.165) is 10.5 Å². The second-order valence-corrected chi connectivity index (χ2v) is 5.12. The molecular weight excluding hydrogens is 303 g/mol. The molecule has 0 bridgehead atoms. The Bertz CT molecular complexity index is 487. The van der Waals surface area contributed by atoms with Gasteiger partial charge in [0.1, 0.15) is 5.82 Å². The fourth-order valence-electron chi connectivity index (χ4n) is 1.87. The first kappa shape index (κ1) is 13.2. The van der Waals surface area contributed by atoms with E-state index < -0.39 is 6.04 Å². The standard InChI is InChI=1S/C12H12BrFN2O2/c1-16-11(17)5-10(12(16)18)15-6-7-2-8(13)4-9(14)3-7/h2-4,10,15H,5-6H2,1H3. The second-order valence-electron chi connectivity index (χ2n) is 4.21. The number of nitrogens with zero attached hydrogens (tertiary/aromatic N) is 1. The summed E-state index contributed by atoms with van der Waals surface area (Å²) in [7, 11) is 1.46. The number of hydrogen-bond donors (Lipinski definition) is 1. The predicted molar refractivity (Wildman–Crippen MR) is 67.1 cm³/mol. The van der Waals surface area contributed by atoms with Crippen LogP contribution in [0.2, 0.25) is 0 Å². The number of halogens is 2. The molecule has 1 atom stereocenters. The Hall–Kier alpha value is -1.27. The number of likely N-dealkylation sites (tertiary alicyclic amines) is 1. The molecule has 1 saturated heterocycles. The number of imide groups is 1. The molecule has 0 aromatic heterocycles. The third-order valence-corrected chi connectivity index (χ3v) is 3.31. The second kappa shape index (κ2) is 5.16. The predicted octanol–water partition coefficient (Wildman–Crippen LogP) is 1.44. The fraction of sp³-hybridized carbons (Fsp3) is 0.333. The van der Waals surface area contributed by atoms with Gasteiger partial charge in [0.05, 0.1) is 12.5 Å². The van der Waals surface area contributed by atoms with Gasteiger partial charge in [-0.3, -0.25) is 14.5 Å². The van der Waals surface area contributed by atoms with Crippen molar-refractivity contribution < 1.29 is 14.0 Å². The lowest BCUT2D eigenvalue weighted by Crippen LogP contribution is -2.36. The minimum atomic E-state index is -0.510. The van der Waals surface area contributed by atoms with Crippen LogP contribution in [0.5, 0.6) is 0 Å². The van der Waals surface area contributed by atoms with Gasteiger partial charge in [-0.2, -0.15) is 0 Å². The number of rotatable bonds is 3. The summed E-state index contributed by atoms with van der Waals surface area (Å²) in [6, 6.07) is 4.01. The Morgan fingerprint density at radius 1 is 1.44 bits per heavy atom. The number of nitrogens with one attached hydrogen (secondary N) is 1. The number of likely N-dealkylation sites (N-methyl/N-ethyl adjacent to an activating group) is 1. The first-order valence-corrected chi connectivity index (χ1v) is 6.25. The number of carbonyl (C=O) groups excluding carboxylic acids is 2. The first-order valence-electron chi connectivity index (χ1n) is 5.46. The van der Waals surface area contributed by atoms with E-state index in [1.165, 1.54) is 19.2 Å². The summed E-state index contributed by atoms with van der Waals surface area (Å²) in [5.74, 6) is -0.777. The van der Waals surface area contributed by atoms with Crippen LogP contribution in [0.4, 0.5) is 4.39 Å². The van der Waals surface area contributed by atoms with Crippen molar-refractivity contribution in [3.63, 3.8) is 0 Å². The Morgan fingerprint density at radius 3 is 2.72 bits per heavy atom. The van der Waals surface area contributed by atoms with Crippen LogP contribution in [0.3, 0.4) is 0 Å². The highest BCUT2D eigenvalue weighted by atomic mass is 79.9. The molecule has 18 heavy (non-hydrogen) atoms. The number of hydrogen-bond acceptors (Lipinski definition) is 3. The maximum Gasteiger partial charge on any atom is 0.246 e. The van der Waals surface area contributed by atoms with Crippen LogP contribution < -0.4 is 5.32 Å². The molecule has 1 aliphatic heterocycles. The SMILES string of the molecule is CN1C(=O)CC(NCc2cc(F)cc(Br)c2)C1=O. The van der Waals surface area contributed by atoms with Crippen molar-refractivity contribution in [1.29, 1.82) is 0 Å². The summed E-state index contributed by atoms with van der Waals surface area (Å²) in [4.78, 5) is 24.1. The van der Waals surface area contributed by atoms with Crippen molar-refractivity contribution in [1.82, 2.24) is 10.2 Å². The van der Waals surface area contributed by atoms with Gasteiger partial charge in [-0.15, -0.1) is 0 Å².